The zero-order valence-corrected chi connectivity index (χ0v) is 10.2. The molecule has 0 aliphatic heterocycles. The zero-order valence-electron chi connectivity index (χ0n) is 10.2. The maximum Gasteiger partial charge on any atom is 0.209 e. The molecule has 2 heterocycles. The largest absolute Gasteiger partial charge is 0.278 e. The van der Waals surface area contributed by atoms with E-state index in [2.05, 4.69) is 10.2 Å². The maximum absolute atomic E-state index is 13.2. The number of hydrogen-bond acceptors (Lipinski definition) is 3. The van der Waals surface area contributed by atoms with Gasteiger partial charge >= 0.3 is 0 Å². The summed E-state index contributed by atoms with van der Waals surface area (Å²) >= 11 is 0. The van der Waals surface area contributed by atoms with Crippen LogP contribution in [0, 0.1) is 17.6 Å². The van der Waals surface area contributed by atoms with Gasteiger partial charge in [-0.2, -0.15) is 0 Å². The molecule has 4 nitrogen and oxygen atoms in total. The van der Waals surface area contributed by atoms with Crippen molar-refractivity contribution in [3.63, 3.8) is 0 Å². The van der Waals surface area contributed by atoms with Crippen LogP contribution in [-0.4, -0.2) is 9.38 Å². The van der Waals surface area contributed by atoms with Gasteiger partial charge in [0.05, 0.1) is 0 Å². The first-order valence-electron chi connectivity index (χ1n) is 5.77. The Bertz CT molecular complexity index is 762. The molecule has 0 aliphatic carbocycles. The van der Waals surface area contributed by atoms with Crippen LogP contribution in [0.15, 0.2) is 47.8 Å². The van der Waals surface area contributed by atoms with E-state index in [0.717, 1.165) is 11.1 Å². The van der Waals surface area contributed by atoms with Gasteiger partial charge < -0.3 is 0 Å². The summed E-state index contributed by atoms with van der Waals surface area (Å²) in [6.07, 6.45) is 1.21. The third-order valence-electron chi connectivity index (χ3n) is 2.97. The number of benzene rings is 1. The number of fused-ring (bicyclic) bond motifs is 1. The minimum atomic E-state index is -0.440. The van der Waals surface area contributed by atoms with Crippen molar-refractivity contribution in [1.29, 1.82) is 0 Å². The number of hydrogen-bond donors (Lipinski definition) is 0. The highest BCUT2D eigenvalue weighted by Gasteiger charge is 2.15. The molecule has 19 heavy (non-hydrogen) atoms. The lowest BCUT2D eigenvalue weighted by atomic mass is 10.1. The molecule has 0 spiro atoms. The number of aromatic nitrogens is 2. The second-order valence-corrected chi connectivity index (χ2v) is 4.32. The molecular weight excluding hydrogens is 245 g/mol. The quantitative estimate of drug-likeness (QED) is 0.653. The second-order valence-electron chi connectivity index (χ2n) is 4.32. The Labute approximate surface area is 108 Å². The maximum atomic E-state index is 13.2. The molecule has 0 amide bonds. The Kier molecular flexibility index (Phi) is 2.59. The molecule has 1 aromatic carbocycles. The van der Waals surface area contributed by atoms with E-state index < -0.39 is 5.82 Å². The van der Waals surface area contributed by atoms with E-state index in [4.69, 9.17) is 0 Å². The number of halogens is 1. The minimum Gasteiger partial charge on any atom is -0.278 e. The summed E-state index contributed by atoms with van der Waals surface area (Å²) in [6, 6.07) is 10.4. The van der Waals surface area contributed by atoms with E-state index in [1.807, 2.05) is 31.2 Å². The van der Waals surface area contributed by atoms with E-state index >= 15 is 0 Å². The molecule has 0 unspecified atom stereocenters. The van der Waals surface area contributed by atoms with E-state index in [1.54, 1.807) is 0 Å². The predicted molar refractivity (Wildman–Crippen MR) is 70.8 cm³/mol. The summed E-state index contributed by atoms with van der Waals surface area (Å²) in [5.74, 6) is -0.330. The van der Waals surface area contributed by atoms with Crippen LogP contribution in [0.4, 0.5) is 10.2 Å². The van der Waals surface area contributed by atoms with E-state index in [9.17, 15) is 9.30 Å². The minimum absolute atomic E-state index is 0.110. The fourth-order valence-electron chi connectivity index (χ4n) is 2.00. The van der Waals surface area contributed by atoms with Crippen molar-refractivity contribution in [2.75, 3.05) is 0 Å². The van der Waals surface area contributed by atoms with Crippen molar-refractivity contribution >= 4 is 11.5 Å². The summed E-state index contributed by atoms with van der Waals surface area (Å²) in [6.45, 7) is 1.97. The van der Waals surface area contributed by atoms with Gasteiger partial charge in [-0.1, -0.05) is 29.8 Å². The lowest BCUT2D eigenvalue weighted by molar-refractivity contribution is 0.619. The van der Waals surface area contributed by atoms with Crippen molar-refractivity contribution in [2.24, 2.45) is 5.18 Å². The number of pyridine rings is 1. The summed E-state index contributed by atoms with van der Waals surface area (Å²) in [7, 11) is 0. The lowest BCUT2D eigenvalue weighted by Gasteiger charge is -1.98. The highest BCUT2D eigenvalue weighted by Crippen LogP contribution is 2.31. The first-order chi connectivity index (χ1) is 9.19. The first kappa shape index (κ1) is 11.5. The third kappa shape index (κ3) is 1.89. The van der Waals surface area contributed by atoms with Crippen LogP contribution >= 0.6 is 0 Å². The number of nitrogens with zero attached hydrogens (tertiary/aromatic N) is 3. The predicted octanol–water partition coefficient (Wildman–Crippen LogP) is 3.85. The van der Waals surface area contributed by atoms with Gasteiger partial charge in [-0.3, -0.25) is 4.40 Å². The highest BCUT2D eigenvalue weighted by atomic mass is 19.1. The molecule has 0 bridgehead atoms. The van der Waals surface area contributed by atoms with Crippen molar-refractivity contribution in [3.05, 3.63) is 58.9 Å². The van der Waals surface area contributed by atoms with Gasteiger partial charge in [-0.25, -0.2) is 9.37 Å². The molecule has 0 fully saturated rings. The smallest absolute Gasteiger partial charge is 0.209 e. The van der Waals surface area contributed by atoms with E-state index in [1.165, 1.54) is 22.7 Å². The van der Waals surface area contributed by atoms with Gasteiger partial charge in [0.15, 0.2) is 0 Å². The second kappa shape index (κ2) is 4.28. The standard InChI is InChI=1S/C14H10FN3O/c1-9-2-4-10(5-3-9)13-14(17-19)18-8-11(15)6-7-12(18)16-13/h2-8H,1H3. The third-order valence-corrected chi connectivity index (χ3v) is 2.97. The number of imidazole rings is 1. The molecule has 2 aromatic heterocycles. The topological polar surface area (TPSA) is 46.7 Å². The number of nitroso groups, excluding NO2 is 1. The van der Waals surface area contributed by atoms with Crippen LogP contribution in [0.3, 0.4) is 0 Å². The van der Waals surface area contributed by atoms with Crippen molar-refractivity contribution in [1.82, 2.24) is 9.38 Å². The summed E-state index contributed by atoms with van der Waals surface area (Å²) in [4.78, 5) is 15.3. The molecule has 3 rings (SSSR count). The molecule has 94 valence electrons. The molecule has 0 radical (unpaired) electrons. The van der Waals surface area contributed by atoms with Crippen LogP contribution in [-0.2, 0) is 0 Å². The highest BCUT2D eigenvalue weighted by molar-refractivity contribution is 5.74. The fraction of sp³-hybridized carbons (Fsp3) is 0.0714. The normalized spacial score (nSPS) is 10.8. The van der Waals surface area contributed by atoms with Crippen LogP contribution < -0.4 is 0 Å². The van der Waals surface area contributed by atoms with E-state index in [0.29, 0.717) is 11.3 Å². The van der Waals surface area contributed by atoms with Crippen molar-refractivity contribution < 1.29 is 4.39 Å². The van der Waals surface area contributed by atoms with Crippen LogP contribution in [0.1, 0.15) is 5.56 Å². The summed E-state index contributed by atoms with van der Waals surface area (Å²) in [5.41, 5.74) is 2.84. The average Bonchev–Trinajstić information content (AvgIpc) is 2.77. The molecule has 0 saturated carbocycles. The van der Waals surface area contributed by atoms with Gasteiger partial charge in [-0.05, 0) is 24.2 Å². The Morgan fingerprint density at radius 3 is 2.58 bits per heavy atom. The van der Waals surface area contributed by atoms with Crippen LogP contribution in [0.5, 0.6) is 0 Å². The van der Waals surface area contributed by atoms with Crippen LogP contribution in [0.2, 0.25) is 0 Å². The monoisotopic (exact) mass is 255 g/mol. The zero-order chi connectivity index (χ0) is 13.4. The van der Waals surface area contributed by atoms with Crippen molar-refractivity contribution in [2.45, 2.75) is 6.92 Å². The van der Waals surface area contributed by atoms with E-state index in [-0.39, 0.29) is 5.82 Å². The molecule has 5 heteroatoms. The molecule has 0 saturated heterocycles. The summed E-state index contributed by atoms with van der Waals surface area (Å²) in [5, 5.41) is 2.98. The first-order valence-corrected chi connectivity index (χ1v) is 5.77. The molecular formula is C14H10FN3O. The lowest BCUT2D eigenvalue weighted by Crippen LogP contribution is -1.85. The Balaban J connectivity index is 2.28. The Hall–Kier alpha value is -2.56. The SMILES string of the molecule is Cc1ccc(-c2nc3ccc(F)cn3c2N=O)cc1. The summed E-state index contributed by atoms with van der Waals surface area (Å²) < 4.78 is 14.6. The van der Waals surface area contributed by atoms with Gasteiger partial charge in [0.1, 0.15) is 17.2 Å². The molecule has 0 atom stereocenters. The Morgan fingerprint density at radius 1 is 1.16 bits per heavy atom. The number of aryl methyl sites for hydroxylation is 1. The fourth-order valence-corrected chi connectivity index (χ4v) is 2.00. The number of rotatable bonds is 2. The van der Waals surface area contributed by atoms with Gasteiger partial charge in [-0.15, -0.1) is 4.91 Å². The van der Waals surface area contributed by atoms with Gasteiger partial charge in [0, 0.05) is 11.8 Å². The molecule has 3 aromatic rings. The molecule has 0 aliphatic rings. The van der Waals surface area contributed by atoms with Crippen LogP contribution in [0.25, 0.3) is 16.9 Å². The van der Waals surface area contributed by atoms with Crippen molar-refractivity contribution in [3.8, 4) is 11.3 Å². The Morgan fingerprint density at radius 2 is 1.89 bits per heavy atom. The molecule has 0 N–H and O–H groups in total. The van der Waals surface area contributed by atoms with Gasteiger partial charge in [0.2, 0.25) is 5.82 Å². The van der Waals surface area contributed by atoms with Gasteiger partial charge in [0.25, 0.3) is 0 Å². The average molecular weight is 255 g/mol.